The van der Waals surface area contributed by atoms with E-state index < -0.39 is 0 Å². The number of ether oxygens (including phenoxy) is 3. The minimum Gasteiger partial charge on any atom is -0.493 e. The second-order valence-corrected chi connectivity index (χ2v) is 4.40. The minimum absolute atomic E-state index is 0.656. The number of benzene rings is 1. The lowest BCUT2D eigenvalue weighted by Crippen LogP contribution is -1.97. The average Bonchev–Trinajstić information content (AvgIpc) is 2.34. The third-order valence-corrected chi connectivity index (χ3v) is 3.09. The second-order valence-electron chi connectivity index (χ2n) is 3.33. The maximum absolute atomic E-state index is 5.29. The highest BCUT2D eigenvalue weighted by atomic mass is 127. The molecule has 4 heteroatoms. The van der Waals surface area contributed by atoms with Gasteiger partial charge >= 0.3 is 0 Å². The summed E-state index contributed by atoms with van der Waals surface area (Å²) >= 11 is 2.38. The van der Waals surface area contributed by atoms with E-state index in [9.17, 15) is 0 Å². The van der Waals surface area contributed by atoms with Gasteiger partial charge in [0, 0.05) is 0 Å². The molecule has 0 amide bonds. The molecular formula is C12H17IO3. The van der Waals surface area contributed by atoms with Gasteiger partial charge in [0.2, 0.25) is 5.75 Å². The number of rotatable bonds is 6. The predicted octanol–water partition coefficient (Wildman–Crippen LogP) is 3.08. The fraction of sp³-hybridized carbons (Fsp3) is 0.500. The SMILES string of the molecule is COc1cc(CCCI)cc(OC)c1OC. The van der Waals surface area contributed by atoms with Crippen LogP contribution in [0.3, 0.4) is 0 Å². The Balaban J connectivity index is 3.05. The summed E-state index contributed by atoms with van der Waals surface area (Å²) in [5, 5.41) is 0. The molecule has 0 unspecified atom stereocenters. The van der Waals surface area contributed by atoms with Crippen LogP contribution in [0.2, 0.25) is 0 Å². The summed E-state index contributed by atoms with van der Waals surface area (Å²) in [6, 6.07) is 4.02. The van der Waals surface area contributed by atoms with Gasteiger partial charge in [-0.05, 0) is 35.0 Å². The third kappa shape index (κ3) is 3.17. The fourth-order valence-corrected chi connectivity index (χ4v) is 1.93. The predicted molar refractivity (Wildman–Crippen MR) is 73.3 cm³/mol. The molecule has 1 rings (SSSR count). The molecule has 16 heavy (non-hydrogen) atoms. The van der Waals surface area contributed by atoms with Gasteiger partial charge in [-0.1, -0.05) is 22.6 Å². The van der Waals surface area contributed by atoms with E-state index in [1.165, 1.54) is 5.56 Å². The molecule has 0 spiro atoms. The number of halogens is 1. The first-order valence-electron chi connectivity index (χ1n) is 5.11. The molecule has 0 aliphatic rings. The molecule has 1 aromatic rings. The van der Waals surface area contributed by atoms with Gasteiger partial charge in [0.25, 0.3) is 0 Å². The van der Waals surface area contributed by atoms with Crippen LogP contribution in [-0.4, -0.2) is 25.8 Å². The van der Waals surface area contributed by atoms with Gasteiger partial charge in [0.05, 0.1) is 21.3 Å². The van der Waals surface area contributed by atoms with Crippen molar-refractivity contribution in [3.05, 3.63) is 17.7 Å². The van der Waals surface area contributed by atoms with Gasteiger partial charge in [0.15, 0.2) is 11.5 Å². The topological polar surface area (TPSA) is 27.7 Å². The first-order valence-corrected chi connectivity index (χ1v) is 6.64. The van der Waals surface area contributed by atoms with Crippen molar-refractivity contribution >= 4 is 22.6 Å². The minimum atomic E-state index is 0.656. The average molecular weight is 336 g/mol. The maximum Gasteiger partial charge on any atom is 0.203 e. The Morgan fingerprint density at radius 2 is 1.56 bits per heavy atom. The monoisotopic (exact) mass is 336 g/mol. The van der Waals surface area contributed by atoms with E-state index in [0.717, 1.165) is 28.8 Å². The van der Waals surface area contributed by atoms with Crippen LogP contribution in [0.4, 0.5) is 0 Å². The Morgan fingerprint density at radius 1 is 1.00 bits per heavy atom. The Bertz CT molecular complexity index is 314. The van der Waals surface area contributed by atoms with E-state index in [4.69, 9.17) is 14.2 Å². The van der Waals surface area contributed by atoms with Crippen molar-refractivity contribution < 1.29 is 14.2 Å². The Morgan fingerprint density at radius 3 is 1.94 bits per heavy atom. The largest absolute Gasteiger partial charge is 0.493 e. The lowest BCUT2D eigenvalue weighted by atomic mass is 10.1. The lowest BCUT2D eigenvalue weighted by molar-refractivity contribution is 0.324. The van der Waals surface area contributed by atoms with Gasteiger partial charge in [-0.15, -0.1) is 0 Å². The molecule has 0 bridgehead atoms. The summed E-state index contributed by atoms with van der Waals surface area (Å²) < 4.78 is 17.0. The Hall–Kier alpha value is -0.650. The first-order chi connectivity index (χ1) is 7.76. The number of alkyl halides is 1. The Kier molecular flexibility index (Phi) is 5.73. The molecule has 0 aliphatic heterocycles. The highest BCUT2D eigenvalue weighted by molar-refractivity contribution is 14.1. The summed E-state index contributed by atoms with van der Waals surface area (Å²) in [6.45, 7) is 0. The van der Waals surface area contributed by atoms with Gasteiger partial charge in [-0.25, -0.2) is 0 Å². The molecule has 90 valence electrons. The third-order valence-electron chi connectivity index (χ3n) is 2.32. The van der Waals surface area contributed by atoms with Crippen molar-refractivity contribution in [1.29, 1.82) is 0 Å². The fourth-order valence-electron chi connectivity index (χ4n) is 1.55. The van der Waals surface area contributed by atoms with Gasteiger partial charge in [-0.2, -0.15) is 0 Å². The van der Waals surface area contributed by atoms with E-state index in [1.807, 2.05) is 12.1 Å². The second kappa shape index (κ2) is 6.83. The van der Waals surface area contributed by atoms with Gasteiger partial charge in [0.1, 0.15) is 0 Å². The smallest absolute Gasteiger partial charge is 0.203 e. The van der Waals surface area contributed by atoms with Crippen molar-refractivity contribution in [1.82, 2.24) is 0 Å². The van der Waals surface area contributed by atoms with Crippen molar-refractivity contribution in [2.24, 2.45) is 0 Å². The maximum atomic E-state index is 5.29. The number of aryl methyl sites for hydroxylation is 1. The number of hydrogen-bond acceptors (Lipinski definition) is 3. The van der Waals surface area contributed by atoms with E-state index in [-0.39, 0.29) is 0 Å². The van der Waals surface area contributed by atoms with E-state index in [2.05, 4.69) is 22.6 Å². The summed E-state index contributed by atoms with van der Waals surface area (Å²) in [4.78, 5) is 0. The summed E-state index contributed by atoms with van der Waals surface area (Å²) in [7, 11) is 4.89. The van der Waals surface area contributed by atoms with Gasteiger partial charge < -0.3 is 14.2 Å². The zero-order valence-electron chi connectivity index (χ0n) is 9.88. The normalized spacial score (nSPS) is 10.0. The van der Waals surface area contributed by atoms with Crippen LogP contribution in [0.25, 0.3) is 0 Å². The van der Waals surface area contributed by atoms with Crippen LogP contribution in [-0.2, 0) is 6.42 Å². The van der Waals surface area contributed by atoms with Crippen LogP contribution in [0.15, 0.2) is 12.1 Å². The van der Waals surface area contributed by atoms with Gasteiger partial charge in [-0.3, -0.25) is 0 Å². The van der Waals surface area contributed by atoms with Crippen molar-refractivity contribution in [2.75, 3.05) is 25.8 Å². The zero-order chi connectivity index (χ0) is 12.0. The van der Waals surface area contributed by atoms with Crippen LogP contribution in [0.1, 0.15) is 12.0 Å². The lowest BCUT2D eigenvalue weighted by Gasteiger charge is -2.13. The molecule has 1 aromatic carbocycles. The molecule has 0 fully saturated rings. The highest BCUT2D eigenvalue weighted by Gasteiger charge is 2.12. The Labute approximate surface area is 110 Å². The molecule has 0 saturated heterocycles. The van der Waals surface area contributed by atoms with Crippen LogP contribution in [0.5, 0.6) is 17.2 Å². The van der Waals surface area contributed by atoms with E-state index in [1.54, 1.807) is 21.3 Å². The molecule has 0 N–H and O–H groups in total. The summed E-state index contributed by atoms with van der Waals surface area (Å²) in [5.41, 5.74) is 1.21. The zero-order valence-corrected chi connectivity index (χ0v) is 12.0. The van der Waals surface area contributed by atoms with E-state index >= 15 is 0 Å². The van der Waals surface area contributed by atoms with Crippen molar-refractivity contribution in [2.45, 2.75) is 12.8 Å². The molecule has 0 aliphatic carbocycles. The van der Waals surface area contributed by atoms with Crippen molar-refractivity contribution in [3.63, 3.8) is 0 Å². The first kappa shape index (κ1) is 13.4. The summed E-state index contributed by atoms with van der Waals surface area (Å²) in [5.74, 6) is 2.11. The van der Waals surface area contributed by atoms with Crippen molar-refractivity contribution in [3.8, 4) is 17.2 Å². The molecule has 0 atom stereocenters. The quantitative estimate of drug-likeness (QED) is 0.590. The highest BCUT2D eigenvalue weighted by Crippen LogP contribution is 2.38. The number of methoxy groups -OCH3 is 3. The molecule has 0 radical (unpaired) electrons. The van der Waals surface area contributed by atoms with E-state index in [0.29, 0.717) is 5.75 Å². The standard InChI is InChI=1S/C12H17IO3/c1-14-10-7-9(5-4-6-13)8-11(15-2)12(10)16-3/h7-8H,4-6H2,1-3H3. The summed E-state index contributed by atoms with van der Waals surface area (Å²) in [6.07, 6.45) is 2.18. The van der Waals surface area contributed by atoms with Crippen LogP contribution in [0, 0.1) is 0 Å². The van der Waals surface area contributed by atoms with Crippen LogP contribution < -0.4 is 14.2 Å². The number of hydrogen-bond donors (Lipinski definition) is 0. The van der Waals surface area contributed by atoms with Crippen LogP contribution >= 0.6 is 22.6 Å². The molecular weight excluding hydrogens is 319 g/mol. The molecule has 0 saturated carbocycles. The molecule has 0 aromatic heterocycles. The molecule has 0 heterocycles. The molecule has 3 nitrogen and oxygen atoms in total.